The molecule has 0 aliphatic heterocycles. The maximum absolute atomic E-state index is 5.76. The molecule has 5 heteroatoms. The zero-order valence-electron chi connectivity index (χ0n) is 11.9. The molecule has 0 unspecified atom stereocenters. The number of halogens is 1. The standard InChI is InChI=1S/C15H20IN3O/c1-3-9-17-10-5-8-13-18-19-15(20-13)12-7-4-6-11(2)14(12)16/h4,6-7,17H,3,5,8-10H2,1-2H3. The van der Waals surface area contributed by atoms with E-state index < -0.39 is 0 Å². The van der Waals surface area contributed by atoms with Crippen LogP contribution in [0.25, 0.3) is 11.5 Å². The van der Waals surface area contributed by atoms with Crippen LogP contribution in [0.2, 0.25) is 0 Å². The van der Waals surface area contributed by atoms with Gasteiger partial charge in [0.2, 0.25) is 11.8 Å². The van der Waals surface area contributed by atoms with Crippen LogP contribution in [-0.2, 0) is 6.42 Å². The summed E-state index contributed by atoms with van der Waals surface area (Å²) in [6, 6.07) is 6.13. The molecular weight excluding hydrogens is 365 g/mol. The lowest BCUT2D eigenvalue weighted by atomic mass is 10.1. The van der Waals surface area contributed by atoms with E-state index in [0.717, 1.165) is 43.8 Å². The summed E-state index contributed by atoms with van der Waals surface area (Å²) in [5.41, 5.74) is 2.25. The molecule has 1 aromatic carbocycles. The molecule has 4 nitrogen and oxygen atoms in total. The smallest absolute Gasteiger partial charge is 0.248 e. The van der Waals surface area contributed by atoms with Gasteiger partial charge in [-0.3, -0.25) is 0 Å². The van der Waals surface area contributed by atoms with E-state index in [9.17, 15) is 0 Å². The van der Waals surface area contributed by atoms with Crippen LogP contribution in [-0.4, -0.2) is 23.3 Å². The Morgan fingerprint density at radius 2 is 2.10 bits per heavy atom. The summed E-state index contributed by atoms with van der Waals surface area (Å²) in [5.74, 6) is 1.34. The molecule has 0 fully saturated rings. The Hall–Kier alpha value is -0.950. The molecule has 2 aromatic rings. The molecule has 1 aromatic heterocycles. The average molecular weight is 385 g/mol. The number of benzene rings is 1. The molecular formula is C15H20IN3O. The fourth-order valence-corrected chi connectivity index (χ4v) is 2.53. The lowest BCUT2D eigenvalue weighted by Gasteiger charge is -2.02. The predicted octanol–water partition coefficient (Wildman–Crippen LogP) is 3.58. The number of nitrogens with zero attached hydrogens (tertiary/aromatic N) is 2. The molecule has 0 aliphatic carbocycles. The summed E-state index contributed by atoms with van der Waals surface area (Å²) in [6.07, 6.45) is 3.01. The Bertz CT molecular complexity index is 554. The third kappa shape index (κ3) is 4.02. The van der Waals surface area contributed by atoms with Gasteiger partial charge in [-0.1, -0.05) is 19.1 Å². The lowest BCUT2D eigenvalue weighted by Crippen LogP contribution is -2.16. The molecule has 0 spiro atoms. The van der Waals surface area contributed by atoms with Gasteiger partial charge in [0, 0.05) is 9.99 Å². The topological polar surface area (TPSA) is 51.0 Å². The molecule has 0 atom stereocenters. The van der Waals surface area contributed by atoms with Crippen molar-refractivity contribution in [2.24, 2.45) is 0 Å². The van der Waals surface area contributed by atoms with Crippen molar-refractivity contribution in [3.05, 3.63) is 33.2 Å². The fourth-order valence-electron chi connectivity index (χ4n) is 1.94. The van der Waals surface area contributed by atoms with Gasteiger partial charge in [-0.25, -0.2) is 0 Å². The number of aromatic nitrogens is 2. The van der Waals surface area contributed by atoms with Crippen LogP contribution in [0.15, 0.2) is 22.6 Å². The molecule has 1 heterocycles. The van der Waals surface area contributed by atoms with Crippen LogP contribution < -0.4 is 5.32 Å². The van der Waals surface area contributed by atoms with Crippen molar-refractivity contribution in [2.75, 3.05) is 13.1 Å². The minimum absolute atomic E-state index is 0.620. The van der Waals surface area contributed by atoms with Crippen molar-refractivity contribution in [3.8, 4) is 11.5 Å². The second kappa shape index (κ2) is 7.73. The van der Waals surface area contributed by atoms with E-state index in [-0.39, 0.29) is 0 Å². The first-order chi connectivity index (χ1) is 9.72. The summed E-state index contributed by atoms with van der Waals surface area (Å²) in [7, 11) is 0. The highest BCUT2D eigenvalue weighted by atomic mass is 127. The van der Waals surface area contributed by atoms with Crippen LogP contribution in [0.3, 0.4) is 0 Å². The Balaban J connectivity index is 1.97. The number of aryl methyl sites for hydroxylation is 2. The molecule has 0 aliphatic rings. The average Bonchev–Trinajstić information content (AvgIpc) is 2.90. The van der Waals surface area contributed by atoms with Crippen molar-refractivity contribution in [1.29, 1.82) is 0 Å². The fraction of sp³-hybridized carbons (Fsp3) is 0.467. The highest BCUT2D eigenvalue weighted by Gasteiger charge is 2.12. The quantitative estimate of drug-likeness (QED) is 0.585. The third-order valence-corrected chi connectivity index (χ3v) is 4.49. The molecule has 0 saturated heterocycles. The van der Waals surface area contributed by atoms with Gasteiger partial charge in [0.25, 0.3) is 0 Å². The Labute approximate surface area is 133 Å². The minimum atomic E-state index is 0.620. The SMILES string of the molecule is CCCNCCCc1nnc(-c2cccc(C)c2I)o1. The zero-order valence-corrected chi connectivity index (χ0v) is 14.1. The van der Waals surface area contributed by atoms with Gasteiger partial charge in [0.1, 0.15) is 0 Å². The van der Waals surface area contributed by atoms with Crippen LogP contribution in [0, 0.1) is 10.5 Å². The van der Waals surface area contributed by atoms with E-state index in [2.05, 4.69) is 58.0 Å². The van der Waals surface area contributed by atoms with E-state index in [4.69, 9.17) is 4.42 Å². The number of hydrogen-bond donors (Lipinski definition) is 1. The van der Waals surface area contributed by atoms with Gasteiger partial charge in [0.15, 0.2) is 0 Å². The molecule has 0 radical (unpaired) electrons. The highest BCUT2D eigenvalue weighted by Crippen LogP contribution is 2.26. The minimum Gasteiger partial charge on any atom is -0.421 e. The largest absolute Gasteiger partial charge is 0.421 e. The Morgan fingerprint density at radius 3 is 2.90 bits per heavy atom. The molecule has 0 saturated carbocycles. The summed E-state index contributed by atoms with van der Waals surface area (Å²) in [5, 5.41) is 11.7. The molecule has 20 heavy (non-hydrogen) atoms. The maximum atomic E-state index is 5.76. The lowest BCUT2D eigenvalue weighted by molar-refractivity contribution is 0.491. The van der Waals surface area contributed by atoms with Crippen LogP contribution in [0.4, 0.5) is 0 Å². The van der Waals surface area contributed by atoms with Gasteiger partial charge < -0.3 is 9.73 Å². The summed E-state index contributed by atoms with van der Waals surface area (Å²) in [4.78, 5) is 0. The van der Waals surface area contributed by atoms with E-state index in [1.54, 1.807) is 0 Å². The van der Waals surface area contributed by atoms with Gasteiger partial charge in [-0.15, -0.1) is 10.2 Å². The normalized spacial score (nSPS) is 10.9. The number of hydrogen-bond acceptors (Lipinski definition) is 4. The van der Waals surface area contributed by atoms with Gasteiger partial charge in [-0.05, 0) is 67.1 Å². The number of nitrogens with one attached hydrogen (secondary N) is 1. The molecule has 108 valence electrons. The second-order valence-corrected chi connectivity index (χ2v) is 5.87. The summed E-state index contributed by atoms with van der Waals surface area (Å²) in [6.45, 7) is 6.31. The summed E-state index contributed by atoms with van der Waals surface area (Å²) < 4.78 is 6.93. The van der Waals surface area contributed by atoms with Crippen molar-refractivity contribution >= 4 is 22.6 Å². The summed E-state index contributed by atoms with van der Waals surface area (Å²) >= 11 is 2.32. The van der Waals surface area contributed by atoms with E-state index in [1.807, 2.05) is 12.1 Å². The van der Waals surface area contributed by atoms with Crippen molar-refractivity contribution in [1.82, 2.24) is 15.5 Å². The number of rotatable bonds is 7. The third-order valence-electron chi connectivity index (χ3n) is 3.06. The van der Waals surface area contributed by atoms with E-state index in [1.165, 1.54) is 9.13 Å². The van der Waals surface area contributed by atoms with E-state index >= 15 is 0 Å². The first-order valence-corrected chi connectivity index (χ1v) is 8.08. The first kappa shape index (κ1) is 15.4. The zero-order chi connectivity index (χ0) is 14.4. The van der Waals surface area contributed by atoms with Crippen LogP contribution in [0.5, 0.6) is 0 Å². The molecule has 1 N–H and O–H groups in total. The highest BCUT2D eigenvalue weighted by molar-refractivity contribution is 14.1. The van der Waals surface area contributed by atoms with Gasteiger partial charge in [-0.2, -0.15) is 0 Å². The Morgan fingerprint density at radius 1 is 1.25 bits per heavy atom. The van der Waals surface area contributed by atoms with Crippen molar-refractivity contribution in [2.45, 2.75) is 33.1 Å². The van der Waals surface area contributed by atoms with E-state index in [0.29, 0.717) is 5.89 Å². The van der Waals surface area contributed by atoms with Crippen molar-refractivity contribution < 1.29 is 4.42 Å². The van der Waals surface area contributed by atoms with Crippen LogP contribution >= 0.6 is 22.6 Å². The van der Waals surface area contributed by atoms with Crippen LogP contribution in [0.1, 0.15) is 31.2 Å². The first-order valence-electron chi connectivity index (χ1n) is 7.01. The van der Waals surface area contributed by atoms with Gasteiger partial charge >= 0.3 is 0 Å². The van der Waals surface area contributed by atoms with Gasteiger partial charge in [0.05, 0.1) is 5.56 Å². The molecule has 0 amide bonds. The monoisotopic (exact) mass is 385 g/mol. The van der Waals surface area contributed by atoms with Crippen molar-refractivity contribution in [3.63, 3.8) is 0 Å². The molecule has 0 bridgehead atoms. The Kier molecular flexibility index (Phi) is 5.97. The molecule has 2 rings (SSSR count). The maximum Gasteiger partial charge on any atom is 0.248 e. The predicted molar refractivity (Wildman–Crippen MR) is 88.7 cm³/mol. The second-order valence-electron chi connectivity index (χ2n) is 4.79.